The number of rotatable bonds is 12. The number of hydrogen-bond acceptors (Lipinski definition) is 9. The first-order valence-electron chi connectivity index (χ1n) is 13.9. The molecule has 46 heavy (non-hydrogen) atoms. The molecule has 1 atom stereocenters. The van der Waals surface area contributed by atoms with Gasteiger partial charge in [-0.05, 0) is 69.2 Å². The maximum absolute atomic E-state index is 12.7. The number of anilines is 1. The highest BCUT2D eigenvalue weighted by Crippen LogP contribution is 2.22. The van der Waals surface area contributed by atoms with Gasteiger partial charge in [0.1, 0.15) is 5.52 Å². The average molecular weight is 666 g/mol. The number of halogens is 3. The van der Waals surface area contributed by atoms with Gasteiger partial charge in [-0.15, -0.1) is 0 Å². The van der Waals surface area contributed by atoms with Crippen molar-refractivity contribution in [3.05, 3.63) is 84.3 Å². The zero-order valence-corrected chi connectivity index (χ0v) is 26.0. The van der Waals surface area contributed by atoms with Crippen LogP contribution in [-0.2, 0) is 26.1 Å². The van der Waals surface area contributed by atoms with Crippen molar-refractivity contribution in [3.8, 4) is 0 Å². The van der Waals surface area contributed by atoms with Crippen molar-refractivity contribution in [2.45, 2.75) is 56.5 Å². The van der Waals surface area contributed by atoms with E-state index in [1.807, 2.05) is 18.4 Å². The lowest BCUT2D eigenvalue weighted by molar-refractivity contribution is -0.192. The van der Waals surface area contributed by atoms with Crippen molar-refractivity contribution in [1.29, 1.82) is 0 Å². The van der Waals surface area contributed by atoms with Crippen molar-refractivity contribution < 1.29 is 46.1 Å². The van der Waals surface area contributed by atoms with Crippen molar-refractivity contribution in [3.63, 3.8) is 0 Å². The van der Waals surface area contributed by atoms with Crippen LogP contribution in [0.15, 0.2) is 78.0 Å². The lowest BCUT2D eigenvalue weighted by Crippen LogP contribution is -2.42. The molecule has 2 aromatic carbocycles. The Hall–Kier alpha value is -4.54. The van der Waals surface area contributed by atoms with Crippen molar-refractivity contribution in [2.24, 2.45) is 0 Å². The number of β-amino-alcohol motifs (C(OH)–C–C–N with tert-alkyl or cyclic N) is 1. The molecule has 0 aliphatic rings. The predicted octanol–water partition coefficient (Wildman–Crippen LogP) is 4.53. The Balaban J connectivity index is 0.000000738. The third-order valence-corrected chi connectivity index (χ3v) is 7.92. The summed E-state index contributed by atoms with van der Waals surface area (Å²) in [6.07, 6.45) is -3.55. The first kappa shape index (κ1) is 35.9. The summed E-state index contributed by atoms with van der Waals surface area (Å²) in [4.78, 5) is 29.9. The molecule has 12 nitrogen and oxygen atoms in total. The number of aliphatic carboxylic acids is 1. The summed E-state index contributed by atoms with van der Waals surface area (Å²) in [5.74, 6) is -3.23. The number of aryl methyl sites for hydroxylation is 1. The fraction of sp³-hybridized carbons (Fsp3) is 0.333. The molecule has 4 N–H and O–H groups in total. The van der Waals surface area contributed by atoms with Gasteiger partial charge in [0.2, 0.25) is 0 Å². The molecule has 0 spiro atoms. The molecule has 0 saturated carbocycles. The molecule has 0 aliphatic heterocycles. The zero-order valence-electron chi connectivity index (χ0n) is 25.2. The first-order chi connectivity index (χ1) is 21.5. The summed E-state index contributed by atoms with van der Waals surface area (Å²) < 4.78 is 66.5. The van der Waals surface area contributed by atoms with Gasteiger partial charge >= 0.3 is 18.1 Å². The molecule has 0 aliphatic carbocycles. The molecule has 16 heteroatoms. The number of carbonyl (C=O) groups excluding carboxylic acids is 1. The van der Waals surface area contributed by atoms with E-state index >= 15 is 0 Å². The van der Waals surface area contributed by atoms with Gasteiger partial charge in [0, 0.05) is 24.3 Å². The first-order valence-corrected chi connectivity index (χ1v) is 15.4. The molecule has 248 valence electrons. The Labute approximate surface area is 263 Å². The summed E-state index contributed by atoms with van der Waals surface area (Å²) in [7, 11) is -3.73. The fourth-order valence-corrected chi connectivity index (χ4v) is 5.09. The van der Waals surface area contributed by atoms with E-state index in [0.29, 0.717) is 35.4 Å². The summed E-state index contributed by atoms with van der Waals surface area (Å²) in [6.45, 7) is 6.93. The van der Waals surface area contributed by atoms with Gasteiger partial charge < -0.3 is 24.8 Å². The Morgan fingerprint density at radius 3 is 2.35 bits per heavy atom. The lowest BCUT2D eigenvalue weighted by atomic mass is 9.99. The maximum atomic E-state index is 12.7. The summed E-state index contributed by atoms with van der Waals surface area (Å²) in [6, 6.07) is 18.2. The molecule has 0 fully saturated rings. The molecule has 0 radical (unpaired) electrons. The number of sulfonamides is 1. The smallest absolute Gasteiger partial charge is 0.475 e. The van der Waals surface area contributed by atoms with E-state index in [2.05, 4.69) is 20.0 Å². The van der Waals surface area contributed by atoms with Gasteiger partial charge in [0.05, 0.1) is 23.9 Å². The molecule has 2 heterocycles. The minimum Gasteiger partial charge on any atom is -0.475 e. The summed E-state index contributed by atoms with van der Waals surface area (Å²) in [5, 5.41) is 21.4. The highest BCUT2D eigenvalue weighted by molar-refractivity contribution is 7.92. The van der Waals surface area contributed by atoms with Crippen LogP contribution in [0.2, 0.25) is 0 Å². The van der Waals surface area contributed by atoms with Gasteiger partial charge in [-0.2, -0.15) is 13.2 Å². The topological polar surface area (TPSA) is 173 Å². The number of aliphatic hydroxyl groups is 1. The zero-order chi connectivity index (χ0) is 34.1. The van der Waals surface area contributed by atoms with Crippen LogP contribution in [0.1, 0.15) is 49.3 Å². The molecular formula is C30H34F3N5O7S. The Morgan fingerprint density at radius 2 is 1.72 bits per heavy atom. The van der Waals surface area contributed by atoms with Crippen LogP contribution < -0.4 is 10.0 Å². The Kier molecular flexibility index (Phi) is 11.8. The number of fused-ring (bicyclic) bond motifs is 1. The van der Waals surface area contributed by atoms with Crippen LogP contribution in [0.3, 0.4) is 0 Å². The molecule has 0 amide bonds. The number of aliphatic hydroxyl groups excluding tert-OH is 1. The monoisotopic (exact) mass is 665 g/mol. The highest BCUT2D eigenvalue weighted by Gasteiger charge is 2.38. The summed E-state index contributed by atoms with van der Waals surface area (Å²) >= 11 is 0. The van der Waals surface area contributed by atoms with Gasteiger partial charge in [-0.25, -0.2) is 28.0 Å². The van der Waals surface area contributed by atoms with E-state index in [4.69, 9.17) is 14.6 Å². The number of hydrogen-bond donors (Lipinski definition) is 4. The summed E-state index contributed by atoms with van der Waals surface area (Å²) in [5.41, 5.74) is 2.13. The van der Waals surface area contributed by atoms with Gasteiger partial charge in [-0.1, -0.05) is 30.3 Å². The van der Waals surface area contributed by atoms with Crippen LogP contribution in [0, 0.1) is 0 Å². The predicted molar refractivity (Wildman–Crippen MR) is 163 cm³/mol. The van der Waals surface area contributed by atoms with Crippen LogP contribution in [0.4, 0.5) is 18.9 Å². The number of ether oxygens (including phenoxy) is 1. The number of alkyl halides is 3. The molecule has 0 bridgehead atoms. The minimum atomic E-state index is -5.08. The molecule has 0 saturated heterocycles. The van der Waals surface area contributed by atoms with E-state index in [1.54, 1.807) is 67.8 Å². The van der Waals surface area contributed by atoms with Gasteiger partial charge in [-0.3, -0.25) is 4.72 Å². The largest absolute Gasteiger partial charge is 0.490 e. The number of carboxylic acids is 1. The number of nitrogens with one attached hydrogen (secondary N) is 2. The maximum Gasteiger partial charge on any atom is 0.490 e. The van der Waals surface area contributed by atoms with Crippen LogP contribution in [0.25, 0.3) is 11.2 Å². The van der Waals surface area contributed by atoms with Crippen molar-refractivity contribution >= 4 is 38.8 Å². The van der Waals surface area contributed by atoms with Crippen molar-refractivity contribution in [1.82, 2.24) is 19.9 Å². The number of benzene rings is 2. The van der Waals surface area contributed by atoms with E-state index in [9.17, 15) is 31.5 Å². The molecular weight excluding hydrogens is 631 g/mol. The van der Waals surface area contributed by atoms with E-state index in [-0.39, 0.29) is 29.3 Å². The van der Waals surface area contributed by atoms with E-state index in [0.717, 1.165) is 0 Å². The Bertz CT molecular complexity index is 1750. The molecule has 2 aromatic heterocycles. The number of carbonyl (C=O) groups is 2. The third-order valence-electron chi connectivity index (χ3n) is 6.52. The van der Waals surface area contributed by atoms with Crippen LogP contribution in [-0.4, -0.2) is 70.0 Å². The van der Waals surface area contributed by atoms with Crippen molar-refractivity contribution in [2.75, 3.05) is 17.9 Å². The van der Waals surface area contributed by atoms with Crippen LogP contribution in [0.5, 0.6) is 0 Å². The number of nitrogens with zero attached hydrogens (tertiary/aromatic N) is 3. The third kappa shape index (κ3) is 10.3. The van der Waals surface area contributed by atoms with Crippen LogP contribution >= 0.6 is 0 Å². The average Bonchev–Trinajstić information content (AvgIpc) is 3.41. The number of pyridine rings is 1. The number of imidazole rings is 1. The second kappa shape index (κ2) is 15.2. The number of aromatic nitrogens is 3. The highest BCUT2D eigenvalue weighted by atomic mass is 32.2. The fourth-order valence-electron chi connectivity index (χ4n) is 4.02. The minimum absolute atomic E-state index is 0.164. The number of esters is 1. The Morgan fingerprint density at radius 1 is 1.04 bits per heavy atom. The number of carboxylic acid groups (broad SMARTS) is 1. The van der Waals surface area contributed by atoms with Gasteiger partial charge in [0.15, 0.2) is 11.3 Å². The molecule has 1 unspecified atom stereocenters. The van der Waals surface area contributed by atoms with Gasteiger partial charge in [0.25, 0.3) is 10.0 Å². The normalized spacial score (nSPS) is 12.6. The quantitative estimate of drug-likeness (QED) is 0.158. The lowest BCUT2D eigenvalue weighted by Gasteiger charge is -2.28. The van der Waals surface area contributed by atoms with E-state index < -0.39 is 34.2 Å². The molecule has 4 rings (SSSR count). The standard InChI is InChI=1S/C28H33N5O5S.C2HF3O2/c1-4-38-27(35)24-14-13-23-26(31-24)33(19-29-23)16-15-28(2,3)30-18-25(34)20-9-8-10-21(17-20)32-39(36,37)22-11-6-5-7-12-22;3-2(4,5)1(6)7/h5-14,17,19,25,30,32,34H,4,15-16,18H2,1-3H3;(H,6,7). The SMILES string of the molecule is CCOC(=O)c1ccc2ncn(CCC(C)(C)NCC(O)c3cccc(NS(=O)(=O)c4ccccc4)c3)c2n1.O=C(O)C(F)(F)F. The second-order valence-corrected chi connectivity index (χ2v) is 12.3. The van der Waals surface area contributed by atoms with E-state index in [1.165, 1.54) is 12.1 Å². The molecule has 4 aromatic rings. The second-order valence-electron chi connectivity index (χ2n) is 10.6.